The average Bonchev–Trinajstić information content (AvgIpc) is 3.14. The molecule has 1 amide bonds. The van der Waals surface area contributed by atoms with E-state index >= 15 is 0 Å². The highest BCUT2D eigenvalue weighted by Crippen LogP contribution is 2.18. The van der Waals surface area contributed by atoms with Crippen molar-refractivity contribution in [3.63, 3.8) is 0 Å². The first-order valence-corrected chi connectivity index (χ1v) is 9.07. The van der Waals surface area contributed by atoms with Crippen LogP contribution >= 0.6 is 0 Å². The zero-order valence-electron chi connectivity index (χ0n) is 12.3. The molecule has 122 valence electrons. The third-order valence-electron chi connectivity index (χ3n) is 3.63. The Hall–Kier alpha value is -2.29. The first-order chi connectivity index (χ1) is 11.0. The summed E-state index contributed by atoms with van der Waals surface area (Å²) in [5.41, 5.74) is 0.752. The minimum Gasteiger partial charge on any atom is -0.355 e. The van der Waals surface area contributed by atoms with Gasteiger partial charge in [0.1, 0.15) is 0 Å². The summed E-state index contributed by atoms with van der Waals surface area (Å²) in [5, 5.41) is 6.58. The minimum atomic E-state index is -3.05. The maximum Gasteiger partial charge on any atom is 0.228 e. The van der Waals surface area contributed by atoms with Crippen molar-refractivity contribution in [3.8, 4) is 11.4 Å². The summed E-state index contributed by atoms with van der Waals surface area (Å²) in [5.74, 6) is 0.185. The number of pyridine rings is 1. The summed E-state index contributed by atoms with van der Waals surface area (Å²) in [6, 6.07) is 3.60. The quantitative estimate of drug-likeness (QED) is 0.830. The number of aromatic nitrogens is 3. The second kappa shape index (κ2) is 6.45. The van der Waals surface area contributed by atoms with Gasteiger partial charge in [-0.3, -0.25) is 9.78 Å². The Bertz CT molecular complexity index is 788. The predicted octanol–water partition coefficient (Wildman–Crippen LogP) is 0.225. The van der Waals surface area contributed by atoms with Crippen molar-refractivity contribution in [2.45, 2.75) is 12.8 Å². The van der Waals surface area contributed by atoms with Crippen LogP contribution in [0.25, 0.3) is 11.4 Å². The van der Waals surface area contributed by atoms with Crippen LogP contribution < -0.4 is 5.32 Å². The van der Waals surface area contributed by atoms with E-state index in [-0.39, 0.29) is 17.4 Å². The molecule has 2 aromatic heterocycles. The van der Waals surface area contributed by atoms with Gasteiger partial charge in [0.15, 0.2) is 9.84 Å². The highest BCUT2D eigenvalue weighted by Gasteiger charge is 2.32. The zero-order chi connectivity index (χ0) is 16.3. The van der Waals surface area contributed by atoms with Crippen LogP contribution in [0.2, 0.25) is 0 Å². The lowest BCUT2D eigenvalue weighted by atomic mass is 10.1. The molecular formula is C14H16N4O4S. The van der Waals surface area contributed by atoms with E-state index in [1.807, 2.05) is 6.07 Å². The van der Waals surface area contributed by atoms with Crippen molar-refractivity contribution in [2.75, 3.05) is 18.1 Å². The highest BCUT2D eigenvalue weighted by atomic mass is 32.2. The second-order valence-electron chi connectivity index (χ2n) is 5.39. The standard InChI is InChI=1S/C14H16N4O4S/c19-14(11-4-7-23(20,21)9-11)16-6-3-12-17-13(18-22-12)10-2-1-5-15-8-10/h1-2,5,8,11H,3-4,6-7,9H2,(H,16,19)/t11-/m1/s1. The van der Waals surface area contributed by atoms with Gasteiger partial charge in [-0.05, 0) is 18.6 Å². The van der Waals surface area contributed by atoms with E-state index in [0.717, 1.165) is 5.56 Å². The molecule has 0 bridgehead atoms. The van der Waals surface area contributed by atoms with Crippen molar-refractivity contribution in [2.24, 2.45) is 5.92 Å². The Balaban J connectivity index is 1.50. The Morgan fingerprint density at radius 2 is 2.30 bits per heavy atom. The molecule has 3 rings (SSSR count). The van der Waals surface area contributed by atoms with E-state index < -0.39 is 15.8 Å². The van der Waals surface area contributed by atoms with Gasteiger partial charge in [-0.25, -0.2) is 8.42 Å². The molecule has 1 aliphatic rings. The number of hydrogen-bond donors (Lipinski definition) is 1. The van der Waals surface area contributed by atoms with E-state index in [1.54, 1.807) is 18.5 Å². The molecule has 1 saturated heterocycles. The van der Waals surface area contributed by atoms with Crippen LogP contribution in [0.4, 0.5) is 0 Å². The molecule has 0 radical (unpaired) electrons. The molecule has 23 heavy (non-hydrogen) atoms. The van der Waals surface area contributed by atoms with Crippen LogP contribution in [0.1, 0.15) is 12.3 Å². The first kappa shape index (κ1) is 15.6. The lowest BCUT2D eigenvalue weighted by Crippen LogP contribution is -2.32. The number of amides is 1. The summed E-state index contributed by atoms with van der Waals surface area (Å²) >= 11 is 0. The molecule has 8 nitrogen and oxygen atoms in total. The molecule has 1 fully saturated rings. The Labute approximate surface area is 133 Å². The third-order valence-corrected chi connectivity index (χ3v) is 5.40. The van der Waals surface area contributed by atoms with Gasteiger partial charge in [0.05, 0.1) is 17.4 Å². The summed E-state index contributed by atoms with van der Waals surface area (Å²) in [6.07, 6.45) is 4.07. The first-order valence-electron chi connectivity index (χ1n) is 7.25. The highest BCUT2D eigenvalue weighted by molar-refractivity contribution is 7.91. The number of rotatable bonds is 5. The minimum absolute atomic E-state index is 0.0649. The van der Waals surface area contributed by atoms with Gasteiger partial charge in [0.25, 0.3) is 0 Å². The fourth-order valence-corrected chi connectivity index (χ4v) is 4.15. The fraction of sp³-hybridized carbons (Fsp3) is 0.429. The van der Waals surface area contributed by atoms with Crippen LogP contribution in [0.3, 0.4) is 0 Å². The van der Waals surface area contributed by atoms with Crippen LogP contribution in [0.15, 0.2) is 29.0 Å². The molecule has 9 heteroatoms. The number of sulfone groups is 1. The number of nitrogens with zero attached hydrogens (tertiary/aromatic N) is 3. The van der Waals surface area contributed by atoms with Crippen LogP contribution in [-0.4, -0.2) is 47.5 Å². The maximum absolute atomic E-state index is 11.9. The van der Waals surface area contributed by atoms with Crippen LogP contribution in [0.5, 0.6) is 0 Å². The Morgan fingerprint density at radius 3 is 3.00 bits per heavy atom. The van der Waals surface area contributed by atoms with Crippen molar-refractivity contribution >= 4 is 15.7 Å². The summed E-state index contributed by atoms with van der Waals surface area (Å²) in [6.45, 7) is 0.323. The normalized spacial score (nSPS) is 19.6. The van der Waals surface area contributed by atoms with Gasteiger partial charge < -0.3 is 9.84 Å². The van der Waals surface area contributed by atoms with Gasteiger partial charge in [-0.1, -0.05) is 5.16 Å². The molecule has 1 aliphatic heterocycles. The van der Waals surface area contributed by atoms with Crippen LogP contribution in [0, 0.1) is 5.92 Å². The van der Waals surface area contributed by atoms with Gasteiger partial charge >= 0.3 is 0 Å². The molecule has 1 N–H and O–H groups in total. The van der Waals surface area contributed by atoms with E-state index in [1.165, 1.54) is 0 Å². The number of carbonyl (C=O) groups excluding carboxylic acids is 1. The van der Waals surface area contributed by atoms with Crippen molar-refractivity contribution < 1.29 is 17.7 Å². The molecule has 0 unspecified atom stereocenters. The van der Waals surface area contributed by atoms with E-state index in [9.17, 15) is 13.2 Å². The number of carbonyl (C=O) groups is 1. The molecule has 3 heterocycles. The van der Waals surface area contributed by atoms with E-state index in [0.29, 0.717) is 31.1 Å². The van der Waals surface area contributed by atoms with E-state index in [4.69, 9.17) is 4.52 Å². The van der Waals surface area contributed by atoms with Crippen molar-refractivity contribution in [1.29, 1.82) is 0 Å². The fourth-order valence-electron chi connectivity index (χ4n) is 2.41. The molecule has 0 aliphatic carbocycles. The van der Waals surface area contributed by atoms with E-state index in [2.05, 4.69) is 20.4 Å². The Kier molecular flexibility index (Phi) is 4.37. The van der Waals surface area contributed by atoms with Gasteiger partial charge in [-0.2, -0.15) is 4.98 Å². The van der Waals surface area contributed by atoms with Gasteiger partial charge in [0.2, 0.25) is 17.6 Å². The summed E-state index contributed by atoms with van der Waals surface area (Å²) in [7, 11) is -3.05. The number of hydrogen-bond acceptors (Lipinski definition) is 7. The molecule has 0 aromatic carbocycles. The van der Waals surface area contributed by atoms with Crippen molar-refractivity contribution in [3.05, 3.63) is 30.4 Å². The molecule has 0 spiro atoms. The maximum atomic E-state index is 11.9. The summed E-state index contributed by atoms with van der Waals surface area (Å²) in [4.78, 5) is 20.1. The summed E-state index contributed by atoms with van der Waals surface area (Å²) < 4.78 is 27.8. The largest absolute Gasteiger partial charge is 0.355 e. The monoisotopic (exact) mass is 336 g/mol. The average molecular weight is 336 g/mol. The Morgan fingerprint density at radius 1 is 1.43 bits per heavy atom. The number of nitrogens with one attached hydrogen (secondary N) is 1. The molecular weight excluding hydrogens is 320 g/mol. The molecule has 2 aromatic rings. The SMILES string of the molecule is O=C(NCCc1nc(-c2cccnc2)no1)[C@@H]1CCS(=O)(=O)C1. The smallest absolute Gasteiger partial charge is 0.228 e. The van der Waals surface area contributed by atoms with Gasteiger partial charge in [-0.15, -0.1) is 0 Å². The predicted molar refractivity (Wildman–Crippen MR) is 81.0 cm³/mol. The van der Waals surface area contributed by atoms with Gasteiger partial charge in [0, 0.05) is 30.9 Å². The van der Waals surface area contributed by atoms with Crippen LogP contribution in [-0.2, 0) is 21.1 Å². The zero-order valence-corrected chi connectivity index (χ0v) is 13.1. The lowest BCUT2D eigenvalue weighted by Gasteiger charge is -2.07. The molecule has 1 atom stereocenters. The lowest BCUT2D eigenvalue weighted by molar-refractivity contribution is -0.124. The van der Waals surface area contributed by atoms with Crippen molar-refractivity contribution in [1.82, 2.24) is 20.4 Å². The topological polar surface area (TPSA) is 115 Å². The third kappa shape index (κ3) is 3.92. The molecule has 0 saturated carbocycles. The second-order valence-corrected chi connectivity index (χ2v) is 7.62.